The molecule has 132 valence electrons. The maximum Gasteiger partial charge on any atom is 0.329 e. The summed E-state index contributed by atoms with van der Waals surface area (Å²) in [4.78, 5) is 24.2. The van der Waals surface area contributed by atoms with Crippen molar-refractivity contribution in [1.82, 2.24) is 0 Å². The second kappa shape index (κ2) is 5.91. The molecule has 0 amide bonds. The number of carboxylic acid groups (broad SMARTS) is 2. The van der Waals surface area contributed by atoms with E-state index in [0.29, 0.717) is 5.56 Å². The molecule has 0 radical (unpaired) electrons. The molecule has 0 spiro atoms. The molecule has 1 unspecified atom stereocenters. The minimum absolute atomic E-state index is 0.0506. The van der Waals surface area contributed by atoms with Gasteiger partial charge in [0.25, 0.3) is 5.79 Å². The van der Waals surface area contributed by atoms with Crippen LogP contribution in [0.2, 0.25) is 0 Å². The van der Waals surface area contributed by atoms with E-state index >= 15 is 0 Å². The summed E-state index contributed by atoms with van der Waals surface area (Å²) in [6.07, 6.45) is 0.988. The van der Waals surface area contributed by atoms with Crippen LogP contribution in [0.4, 0.5) is 0 Å². The second-order valence-electron chi connectivity index (χ2n) is 5.43. The van der Waals surface area contributed by atoms with Crippen molar-refractivity contribution in [2.75, 3.05) is 21.0 Å². The Kier molecular flexibility index (Phi) is 4.02. The lowest BCUT2D eigenvalue weighted by molar-refractivity contribution is -0.173. The third-order valence-electron chi connectivity index (χ3n) is 4.30. The largest absolute Gasteiger partial charge is 0.495 e. The second-order valence-corrected chi connectivity index (χ2v) is 5.43. The molecule has 3 rings (SSSR count). The first-order valence-electron chi connectivity index (χ1n) is 7.30. The Hall–Kier alpha value is -2.84. The van der Waals surface area contributed by atoms with E-state index in [-0.39, 0.29) is 23.9 Å². The molecule has 0 saturated carbocycles. The van der Waals surface area contributed by atoms with Crippen LogP contribution in [0.25, 0.3) is 5.57 Å². The molecule has 2 N–H and O–H groups in total. The Balaban J connectivity index is 2.42. The summed E-state index contributed by atoms with van der Waals surface area (Å²) in [5, 5.41) is 19.7. The maximum absolute atomic E-state index is 12.1. The monoisotopic (exact) mass is 348 g/mol. The molecule has 2 aliphatic rings. The average molecular weight is 348 g/mol. The first kappa shape index (κ1) is 17.0. The molecule has 0 bridgehead atoms. The maximum atomic E-state index is 12.1. The minimum atomic E-state index is -2.42. The highest BCUT2D eigenvalue weighted by Crippen LogP contribution is 2.53. The quantitative estimate of drug-likeness (QED) is 0.769. The topological polar surface area (TPSA) is 112 Å². The Labute approximate surface area is 142 Å². The van der Waals surface area contributed by atoms with E-state index < -0.39 is 23.1 Å². The molecule has 1 aromatic rings. The van der Waals surface area contributed by atoms with Crippen LogP contribution >= 0.6 is 0 Å². The normalized spacial score (nSPS) is 24.2. The zero-order valence-corrected chi connectivity index (χ0v) is 13.5. The minimum Gasteiger partial charge on any atom is -0.495 e. The van der Waals surface area contributed by atoms with Gasteiger partial charge in [0.05, 0.1) is 7.11 Å². The number of benzene rings is 1. The van der Waals surface area contributed by atoms with Gasteiger partial charge in [-0.15, -0.1) is 0 Å². The average Bonchev–Trinajstić information content (AvgIpc) is 3.05. The molecule has 1 aliphatic heterocycles. The van der Waals surface area contributed by atoms with Gasteiger partial charge in [-0.2, -0.15) is 0 Å². The number of rotatable bonds is 5. The van der Waals surface area contributed by atoms with Gasteiger partial charge in [-0.25, -0.2) is 0 Å². The Morgan fingerprint density at radius 3 is 2.28 bits per heavy atom. The summed E-state index contributed by atoms with van der Waals surface area (Å²) >= 11 is 0. The van der Waals surface area contributed by atoms with E-state index in [9.17, 15) is 19.8 Å². The predicted octanol–water partition coefficient (Wildman–Crippen LogP) is 1.44. The summed E-state index contributed by atoms with van der Waals surface area (Å²) < 4.78 is 21.6. The molecule has 1 saturated heterocycles. The van der Waals surface area contributed by atoms with Gasteiger partial charge < -0.3 is 24.4 Å². The summed E-state index contributed by atoms with van der Waals surface area (Å²) in [5.74, 6) is -4.95. The lowest BCUT2D eigenvalue weighted by Crippen LogP contribution is -2.48. The molecule has 1 fully saturated rings. The zero-order valence-electron chi connectivity index (χ0n) is 13.5. The van der Waals surface area contributed by atoms with Gasteiger partial charge in [0.1, 0.15) is 0 Å². The fourth-order valence-electron chi connectivity index (χ4n) is 3.13. The van der Waals surface area contributed by atoms with Crippen LogP contribution in [-0.4, -0.2) is 49.0 Å². The lowest BCUT2D eigenvalue weighted by atomic mass is 9.71. The van der Waals surface area contributed by atoms with Gasteiger partial charge in [-0.05, 0) is 11.6 Å². The molecule has 1 heterocycles. The van der Waals surface area contributed by atoms with E-state index in [0.717, 1.165) is 6.08 Å². The standard InChI is InChI=1S/C17H16O8/c1-22-11-8-16(14(18)19,15(20)21)12(10-6-4-3-5-7-10)13-17(11,23-2)25-9-24-13/h3-8H,9H2,1-2H3,(H,18,19)(H,20,21). The summed E-state index contributed by atoms with van der Waals surface area (Å²) in [6.45, 7) is -0.241. The van der Waals surface area contributed by atoms with Crippen molar-refractivity contribution in [2.45, 2.75) is 5.79 Å². The summed E-state index contributed by atoms with van der Waals surface area (Å²) in [6, 6.07) is 8.24. The number of ether oxygens (including phenoxy) is 4. The predicted molar refractivity (Wildman–Crippen MR) is 82.9 cm³/mol. The number of carbonyl (C=O) groups is 2. The van der Waals surface area contributed by atoms with E-state index in [1.54, 1.807) is 30.3 Å². The van der Waals surface area contributed by atoms with Crippen LogP contribution in [0, 0.1) is 5.41 Å². The molecular formula is C17H16O8. The molecule has 1 atom stereocenters. The lowest BCUT2D eigenvalue weighted by Gasteiger charge is -2.37. The van der Waals surface area contributed by atoms with Crippen molar-refractivity contribution in [1.29, 1.82) is 0 Å². The van der Waals surface area contributed by atoms with Crippen molar-refractivity contribution in [3.63, 3.8) is 0 Å². The van der Waals surface area contributed by atoms with Crippen LogP contribution in [0.1, 0.15) is 5.56 Å². The number of hydrogen-bond donors (Lipinski definition) is 2. The molecule has 8 heteroatoms. The number of aliphatic carboxylic acids is 2. The number of hydrogen-bond acceptors (Lipinski definition) is 6. The van der Waals surface area contributed by atoms with Gasteiger partial charge in [-0.1, -0.05) is 30.3 Å². The highest BCUT2D eigenvalue weighted by molar-refractivity contribution is 6.14. The highest BCUT2D eigenvalue weighted by atomic mass is 16.8. The first-order chi connectivity index (χ1) is 11.9. The highest BCUT2D eigenvalue weighted by Gasteiger charge is 2.62. The van der Waals surface area contributed by atoms with Crippen molar-refractivity contribution in [3.05, 3.63) is 53.5 Å². The molecule has 8 nitrogen and oxygen atoms in total. The van der Waals surface area contributed by atoms with Crippen LogP contribution in [0.5, 0.6) is 0 Å². The van der Waals surface area contributed by atoms with Gasteiger partial charge in [0.2, 0.25) is 5.41 Å². The van der Waals surface area contributed by atoms with Gasteiger partial charge >= 0.3 is 11.9 Å². The smallest absolute Gasteiger partial charge is 0.329 e. The Bertz CT molecular complexity index is 765. The summed E-state index contributed by atoms with van der Waals surface area (Å²) in [5.41, 5.74) is -2.13. The van der Waals surface area contributed by atoms with E-state index in [1.165, 1.54) is 14.2 Å². The fraction of sp³-hybridized carbons (Fsp3) is 0.294. The molecule has 1 aliphatic carbocycles. The van der Waals surface area contributed by atoms with Crippen LogP contribution in [0.3, 0.4) is 0 Å². The van der Waals surface area contributed by atoms with Crippen LogP contribution < -0.4 is 0 Å². The van der Waals surface area contributed by atoms with Crippen molar-refractivity contribution in [3.8, 4) is 0 Å². The zero-order chi connectivity index (χ0) is 18.2. The van der Waals surface area contributed by atoms with Crippen molar-refractivity contribution in [2.24, 2.45) is 5.41 Å². The Morgan fingerprint density at radius 1 is 1.12 bits per heavy atom. The SMILES string of the molecule is COC1=CC(C(=O)O)(C(=O)O)C(c2ccccc2)=C2OCOC12OC. The van der Waals surface area contributed by atoms with Crippen LogP contribution in [0.15, 0.2) is 47.9 Å². The molecule has 25 heavy (non-hydrogen) atoms. The van der Waals surface area contributed by atoms with Gasteiger partial charge in [0, 0.05) is 12.7 Å². The van der Waals surface area contributed by atoms with Crippen LogP contribution in [-0.2, 0) is 28.5 Å². The fourth-order valence-corrected chi connectivity index (χ4v) is 3.13. The van der Waals surface area contributed by atoms with E-state index in [2.05, 4.69) is 0 Å². The van der Waals surface area contributed by atoms with Crippen molar-refractivity contribution >= 4 is 17.5 Å². The van der Waals surface area contributed by atoms with E-state index in [1.807, 2.05) is 0 Å². The molecular weight excluding hydrogens is 332 g/mol. The molecule has 0 aromatic heterocycles. The number of fused-ring (bicyclic) bond motifs is 1. The van der Waals surface area contributed by atoms with Crippen molar-refractivity contribution < 1.29 is 38.7 Å². The molecule has 1 aromatic carbocycles. The van der Waals surface area contributed by atoms with E-state index in [4.69, 9.17) is 18.9 Å². The summed E-state index contributed by atoms with van der Waals surface area (Å²) in [7, 11) is 2.60. The third-order valence-corrected chi connectivity index (χ3v) is 4.30. The Morgan fingerprint density at radius 2 is 1.76 bits per heavy atom. The number of carboxylic acids is 2. The first-order valence-corrected chi connectivity index (χ1v) is 7.30. The number of methoxy groups -OCH3 is 2. The van der Waals surface area contributed by atoms with Gasteiger partial charge in [0.15, 0.2) is 18.3 Å². The van der Waals surface area contributed by atoms with Gasteiger partial charge in [-0.3, -0.25) is 14.3 Å². The third kappa shape index (κ3) is 2.15.